The predicted molar refractivity (Wildman–Crippen MR) is 89.5 cm³/mol. The van der Waals surface area contributed by atoms with Crippen molar-refractivity contribution < 1.29 is 19.1 Å². The summed E-state index contributed by atoms with van der Waals surface area (Å²) < 4.78 is 13.0. The molecule has 2 rings (SSSR count). The van der Waals surface area contributed by atoms with Crippen LogP contribution in [0.15, 0.2) is 24.3 Å². The van der Waals surface area contributed by atoms with Crippen LogP contribution in [0.2, 0.25) is 0 Å². The Bertz CT molecular complexity index is 571. The molecule has 1 atom stereocenters. The molecule has 0 saturated carbocycles. The zero-order chi connectivity index (χ0) is 17.7. The monoisotopic (exact) mass is 337 g/mol. The van der Waals surface area contributed by atoms with Crippen molar-refractivity contribution in [3.8, 4) is 0 Å². The van der Waals surface area contributed by atoms with Crippen LogP contribution in [0.3, 0.4) is 0 Å². The van der Waals surface area contributed by atoms with Gasteiger partial charge in [0.2, 0.25) is 5.91 Å². The third-order valence-corrected chi connectivity index (χ3v) is 4.48. The fraction of sp³-hybridized carbons (Fsp3) is 0.529. The van der Waals surface area contributed by atoms with Gasteiger partial charge in [0.15, 0.2) is 0 Å². The Balaban J connectivity index is 1.85. The van der Waals surface area contributed by atoms with Crippen LogP contribution in [-0.2, 0) is 9.59 Å². The highest BCUT2D eigenvalue weighted by Crippen LogP contribution is 2.17. The number of halogens is 1. The third-order valence-electron chi connectivity index (χ3n) is 4.48. The molecule has 1 unspecified atom stereocenters. The molecule has 1 aromatic carbocycles. The molecule has 0 radical (unpaired) electrons. The van der Waals surface area contributed by atoms with Crippen molar-refractivity contribution in [2.24, 2.45) is 0 Å². The van der Waals surface area contributed by atoms with Crippen molar-refractivity contribution in [1.29, 1.82) is 0 Å². The first-order valence-electron chi connectivity index (χ1n) is 8.10. The molecule has 7 heteroatoms. The Hall–Kier alpha value is -2.15. The quantitative estimate of drug-likeness (QED) is 0.847. The van der Waals surface area contributed by atoms with Crippen molar-refractivity contribution in [2.75, 3.05) is 44.7 Å². The molecule has 1 aliphatic rings. The number of benzene rings is 1. The number of likely N-dealkylation sites (N-methyl/N-ethyl adjacent to an activating group) is 1. The van der Waals surface area contributed by atoms with Gasteiger partial charge in [-0.15, -0.1) is 0 Å². The second-order valence-corrected chi connectivity index (χ2v) is 6.09. The molecule has 0 aromatic heterocycles. The van der Waals surface area contributed by atoms with Crippen molar-refractivity contribution in [3.63, 3.8) is 0 Å². The van der Waals surface area contributed by atoms with Gasteiger partial charge in [0.05, 0.1) is 12.5 Å². The average molecular weight is 337 g/mol. The predicted octanol–water partition coefficient (Wildman–Crippen LogP) is 1.27. The average Bonchev–Trinajstić information content (AvgIpc) is 2.59. The molecular weight excluding hydrogens is 313 g/mol. The van der Waals surface area contributed by atoms with Crippen molar-refractivity contribution in [2.45, 2.75) is 19.4 Å². The van der Waals surface area contributed by atoms with Gasteiger partial charge in [-0.05, 0) is 38.2 Å². The lowest BCUT2D eigenvalue weighted by Crippen LogP contribution is -2.53. The fourth-order valence-corrected chi connectivity index (χ4v) is 2.76. The van der Waals surface area contributed by atoms with Gasteiger partial charge >= 0.3 is 5.97 Å². The van der Waals surface area contributed by atoms with Gasteiger partial charge < -0.3 is 14.9 Å². The van der Waals surface area contributed by atoms with E-state index in [1.165, 1.54) is 12.1 Å². The molecule has 0 bridgehead atoms. The zero-order valence-corrected chi connectivity index (χ0v) is 14.1. The lowest BCUT2D eigenvalue weighted by molar-refractivity contribution is -0.140. The van der Waals surface area contributed by atoms with Gasteiger partial charge in [0.25, 0.3) is 0 Å². The van der Waals surface area contributed by atoms with Gasteiger partial charge in [-0.1, -0.05) is 0 Å². The number of rotatable bonds is 6. The molecule has 1 N–H and O–H groups in total. The van der Waals surface area contributed by atoms with E-state index in [0.29, 0.717) is 32.7 Å². The Morgan fingerprint density at radius 2 is 1.79 bits per heavy atom. The van der Waals surface area contributed by atoms with E-state index in [1.54, 1.807) is 31.0 Å². The number of carboxylic acids is 1. The van der Waals surface area contributed by atoms with E-state index >= 15 is 0 Å². The van der Waals surface area contributed by atoms with Crippen LogP contribution in [0.1, 0.15) is 13.3 Å². The number of amides is 1. The number of piperazine rings is 1. The van der Waals surface area contributed by atoms with Crippen LogP contribution in [0, 0.1) is 5.82 Å². The van der Waals surface area contributed by atoms with Crippen LogP contribution < -0.4 is 4.90 Å². The number of aliphatic carboxylic acids is 1. The third kappa shape index (κ3) is 4.67. The van der Waals surface area contributed by atoms with E-state index in [0.717, 1.165) is 5.69 Å². The molecule has 132 valence electrons. The summed E-state index contributed by atoms with van der Waals surface area (Å²) in [5.74, 6) is -1.11. The summed E-state index contributed by atoms with van der Waals surface area (Å²) in [6.07, 6.45) is 0.0203. The summed E-state index contributed by atoms with van der Waals surface area (Å²) in [7, 11) is 1.76. The maximum Gasteiger partial charge on any atom is 0.304 e. The maximum absolute atomic E-state index is 13.0. The smallest absolute Gasteiger partial charge is 0.304 e. The summed E-state index contributed by atoms with van der Waals surface area (Å²) in [5.41, 5.74) is 0.954. The molecule has 24 heavy (non-hydrogen) atoms. The number of anilines is 1. The largest absolute Gasteiger partial charge is 0.481 e. The first-order valence-corrected chi connectivity index (χ1v) is 8.10. The topological polar surface area (TPSA) is 64.1 Å². The van der Waals surface area contributed by atoms with E-state index in [9.17, 15) is 14.0 Å². The minimum absolute atomic E-state index is 0.0154. The molecule has 1 saturated heterocycles. The molecule has 1 fully saturated rings. The number of nitrogens with zero attached hydrogens (tertiary/aromatic N) is 3. The van der Waals surface area contributed by atoms with E-state index in [-0.39, 0.29) is 24.2 Å². The summed E-state index contributed by atoms with van der Waals surface area (Å²) >= 11 is 0. The van der Waals surface area contributed by atoms with E-state index < -0.39 is 5.97 Å². The molecule has 6 nitrogen and oxygen atoms in total. The summed E-state index contributed by atoms with van der Waals surface area (Å²) in [4.78, 5) is 28.9. The van der Waals surface area contributed by atoms with Crippen LogP contribution in [0.5, 0.6) is 0 Å². The van der Waals surface area contributed by atoms with E-state index in [1.807, 2.05) is 4.90 Å². The first-order chi connectivity index (χ1) is 11.4. The van der Waals surface area contributed by atoms with Gasteiger partial charge in [-0.25, -0.2) is 4.39 Å². The molecule has 1 heterocycles. The molecule has 1 amide bonds. The second kappa shape index (κ2) is 8.10. The second-order valence-electron chi connectivity index (χ2n) is 6.09. The van der Waals surface area contributed by atoms with Crippen molar-refractivity contribution in [3.05, 3.63) is 30.1 Å². The number of carbonyl (C=O) groups is 2. The van der Waals surface area contributed by atoms with Crippen LogP contribution >= 0.6 is 0 Å². The Morgan fingerprint density at radius 1 is 1.21 bits per heavy atom. The number of carbonyl (C=O) groups excluding carboxylic acids is 1. The first kappa shape index (κ1) is 18.2. The standard InChI is InChI=1S/C17H24FN3O3/c1-13(19(2)8-7-16(22)23)17(24)21-11-9-20(10-12-21)15-5-3-14(18)4-6-15/h3-6,13H,7-12H2,1-2H3,(H,22,23). The summed E-state index contributed by atoms with van der Waals surface area (Å²) in [6, 6.07) is 6.02. The molecule has 1 aromatic rings. The summed E-state index contributed by atoms with van der Waals surface area (Å²) in [6.45, 7) is 4.75. The SMILES string of the molecule is CC(C(=O)N1CCN(c2ccc(F)cc2)CC1)N(C)CCC(=O)O. The van der Waals surface area contributed by atoms with Gasteiger partial charge in [-0.2, -0.15) is 0 Å². The lowest BCUT2D eigenvalue weighted by Gasteiger charge is -2.38. The zero-order valence-electron chi connectivity index (χ0n) is 14.1. The molecule has 1 aliphatic heterocycles. The highest BCUT2D eigenvalue weighted by molar-refractivity contribution is 5.81. The fourth-order valence-electron chi connectivity index (χ4n) is 2.76. The Morgan fingerprint density at radius 3 is 2.33 bits per heavy atom. The van der Waals surface area contributed by atoms with Crippen LogP contribution in [0.4, 0.5) is 10.1 Å². The van der Waals surface area contributed by atoms with Gasteiger partial charge in [0.1, 0.15) is 5.82 Å². The van der Waals surface area contributed by atoms with Gasteiger partial charge in [-0.3, -0.25) is 14.5 Å². The number of hydrogen-bond acceptors (Lipinski definition) is 4. The van der Waals surface area contributed by atoms with E-state index in [4.69, 9.17) is 5.11 Å². The highest BCUT2D eigenvalue weighted by atomic mass is 19.1. The lowest BCUT2D eigenvalue weighted by atomic mass is 10.2. The Labute approximate surface area is 141 Å². The summed E-state index contributed by atoms with van der Waals surface area (Å²) in [5, 5.41) is 8.74. The van der Waals surface area contributed by atoms with Crippen LogP contribution in [0.25, 0.3) is 0 Å². The van der Waals surface area contributed by atoms with Gasteiger partial charge in [0, 0.05) is 38.4 Å². The van der Waals surface area contributed by atoms with Crippen LogP contribution in [-0.4, -0.2) is 72.6 Å². The van der Waals surface area contributed by atoms with E-state index in [2.05, 4.69) is 4.90 Å². The Kier molecular flexibility index (Phi) is 6.14. The van der Waals surface area contributed by atoms with Crippen molar-refractivity contribution >= 4 is 17.6 Å². The molecular formula is C17H24FN3O3. The normalized spacial score (nSPS) is 16.3. The minimum Gasteiger partial charge on any atom is -0.481 e. The minimum atomic E-state index is -0.866. The number of hydrogen-bond donors (Lipinski definition) is 1. The number of carboxylic acid groups (broad SMARTS) is 1. The molecule has 0 spiro atoms. The van der Waals surface area contributed by atoms with Crippen molar-refractivity contribution in [1.82, 2.24) is 9.80 Å². The maximum atomic E-state index is 13.0. The highest BCUT2D eigenvalue weighted by Gasteiger charge is 2.27. The molecule has 0 aliphatic carbocycles.